The molecule has 0 radical (unpaired) electrons. The maximum Gasteiger partial charge on any atom is 0.278 e. The summed E-state index contributed by atoms with van der Waals surface area (Å²) in [7, 11) is 0. The number of nitrogens with one attached hydrogen (secondary N) is 1. The number of carbonyl (C=O) groups is 2. The number of imide groups is 1. The Bertz CT molecular complexity index is 1280. The number of benzene rings is 3. The molecule has 1 aliphatic rings. The molecule has 3 aromatic carbocycles. The molecule has 0 unspecified atom stereocenters. The summed E-state index contributed by atoms with van der Waals surface area (Å²) < 4.78 is 13.2. The summed E-state index contributed by atoms with van der Waals surface area (Å²) in [4.78, 5) is 28.3. The summed E-state index contributed by atoms with van der Waals surface area (Å²) in [5.74, 6) is -0.981. The highest BCUT2D eigenvalue weighted by Crippen LogP contribution is 2.33. The zero-order valence-electron chi connectivity index (χ0n) is 19.3. The highest BCUT2D eigenvalue weighted by Gasteiger charge is 2.39. The molecule has 0 saturated heterocycles. The van der Waals surface area contributed by atoms with E-state index in [1.54, 1.807) is 12.1 Å². The van der Waals surface area contributed by atoms with E-state index in [9.17, 15) is 14.0 Å². The van der Waals surface area contributed by atoms with Gasteiger partial charge in [0.05, 0.1) is 5.57 Å². The van der Waals surface area contributed by atoms with Gasteiger partial charge in [0.25, 0.3) is 11.8 Å². The number of nitrogens with zero attached hydrogens (tertiary/aromatic N) is 1. The molecular formula is C28H27FN2O2. The number of carbonyl (C=O) groups excluding carboxylic acids is 2. The van der Waals surface area contributed by atoms with E-state index in [2.05, 4.69) is 5.32 Å². The Morgan fingerprint density at radius 1 is 0.788 bits per heavy atom. The highest BCUT2D eigenvalue weighted by molar-refractivity contribution is 6.36. The van der Waals surface area contributed by atoms with Gasteiger partial charge in [0.1, 0.15) is 11.5 Å². The largest absolute Gasteiger partial charge is 0.350 e. The molecule has 0 spiro atoms. The van der Waals surface area contributed by atoms with Crippen LogP contribution in [0.4, 0.5) is 10.1 Å². The van der Waals surface area contributed by atoms with Crippen molar-refractivity contribution < 1.29 is 14.0 Å². The van der Waals surface area contributed by atoms with Crippen molar-refractivity contribution in [1.82, 2.24) is 4.90 Å². The van der Waals surface area contributed by atoms with E-state index in [4.69, 9.17) is 0 Å². The van der Waals surface area contributed by atoms with Crippen molar-refractivity contribution in [3.63, 3.8) is 0 Å². The van der Waals surface area contributed by atoms with Gasteiger partial charge < -0.3 is 5.32 Å². The molecule has 4 nitrogen and oxygen atoms in total. The molecule has 0 atom stereocenters. The van der Waals surface area contributed by atoms with Crippen LogP contribution in [0, 0.1) is 33.5 Å². The fraction of sp³-hybridized carbons (Fsp3) is 0.214. The SMILES string of the molecule is Cc1ccc(C2=C(Nc3cc(C)ccc3C)C(=O)N(CCc3ccc(F)cc3)C2=O)c(C)c1. The van der Waals surface area contributed by atoms with Crippen LogP contribution >= 0.6 is 0 Å². The Kier molecular flexibility index (Phi) is 6.14. The molecule has 0 fully saturated rings. The molecule has 1 heterocycles. The van der Waals surface area contributed by atoms with E-state index < -0.39 is 0 Å². The third-order valence-corrected chi connectivity index (χ3v) is 6.01. The van der Waals surface area contributed by atoms with Gasteiger partial charge in [-0.25, -0.2) is 4.39 Å². The standard InChI is InChI=1S/C28H27FN2O2/c1-17-6-12-23(20(4)15-17)25-26(30-24-16-18(2)5-7-19(24)3)28(33)31(27(25)32)14-13-21-8-10-22(29)11-9-21/h5-12,15-16,30H,13-14H2,1-4H3. The van der Waals surface area contributed by atoms with Gasteiger partial charge >= 0.3 is 0 Å². The third kappa shape index (κ3) is 4.58. The normalized spacial score (nSPS) is 13.8. The minimum Gasteiger partial charge on any atom is -0.350 e. The lowest BCUT2D eigenvalue weighted by Gasteiger charge is -2.16. The van der Waals surface area contributed by atoms with Crippen molar-refractivity contribution in [3.05, 3.63) is 106 Å². The van der Waals surface area contributed by atoms with Crippen LogP contribution < -0.4 is 5.32 Å². The average Bonchev–Trinajstić information content (AvgIpc) is 3.00. The summed E-state index contributed by atoms with van der Waals surface area (Å²) >= 11 is 0. The van der Waals surface area contributed by atoms with Crippen LogP contribution in [0.15, 0.2) is 66.4 Å². The Morgan fingerprint density at radius 2 is 1.45 bits per heavy atom. The van der Waals surface area contributed by atoms with E-state index in [1.165, 1.54) is 17.0 Å². The Balaban J connectivity index is 1.72. The van der Waals surface area contributed by atoms with Gasteiger partial charge in [-0.05, 0) is 80.1 Å². The van der Waals surface area contributed by atoms with Crippen molar-refractivity contribution >= 4 is 23.1 Å². The Labute approximate surface area is 193 Å². The first-order valence-electron chi connectivity index (χ1n) is 11.0. The summed E-state index contributed by atoms with van der Waals surface area (Å²) in [6.45, 7) is 8.11. The van der Waals surface area contributed by atoms with Gasteiger partial charge in [-0.15, -0.1) is 0 Å². The summed E-state index contributed by atoms with van der Waals surface area (Å²) in [5, 5.41) is 3.27. The van der Waals surface area contributed by atoms with Crippen molar-refractivity contribution in [3.8, 4) is 0 Å². The molecule has 5 heteroatoms. The molecule has 0 saturated carbocycles. The first-order chi connectivity index (χ1) is 15.7. The predicted molar refractivity (Wildman–Crippen MR) is 129 cm³/mol. The minimum absolute atomic E-state index is 0.218. The lowest BCUT2D eigenvalue weighted by atomic mass is 9.97. The molecule has 33 heavy (non-hydrogen) atoms. The van der Waals surface area contributed by atoms with E-state index in [0.717, 1.165) is 39.1 Å². The number of amides is 2. The van der Waals surface area contributed by atoms with Crippen LogP contribution in [0.2, 0.25) is 0 Å². The van der Waals surface area contributed by atoms with Crippen LogP contribution in [0.3, 0.4) is 0 Å². The van der Waals surface area contributed by atoms with E-state index in [1.807, 2.05) is 64.1 Å². The van der Waals surface area contributed by atoms with E-state index >= 15 is 0 Å². The molecular weight excluding hydrogens is 415 g/mol. The second-order valence-corrected chi connectivity index (χ2v) is 8.65. The van der Waals surface area contributed by atoms with Crippen molar-refractivity contribution in [2.45, 2.75) is 34.1 Å². The van der Waals surface area contributed by atoms with Crippen LogP contribution in [-0.4, -0.2) is 23.3 Å². The third-order valence-electron chi connectivity index (χ3n) is 6.01. The maximum atomic E-state index is 13.5. The predicted octanol–water partition coefficient (Wildman–Crippen LogP) is 5.49. The average molecular weight is 443 g/mol. The van der Waals surface area contributed by atoms with Gasteiger partial charge in [0.2, 0.25) is 0 Å². The first-order valence-corrected chi connectivity index (χ1v) is 11.0. The van der Waals surface area contributed by atoms with Gasteiger partial charge in [0.15, 0.2) is 0 Å². The Hall–Kier alpha value is -3.73. The number of aryl methyl sites for hydroxylation is 4. The zero-order chi connectivity index (χ0) is 23.7. The number of halogens is 1. The number of rotatable bonds is 6. The fourth-order valence-corrected chi connectivity index (χ4v) is 4.14. The monoisotopic (exact) mass is 442 g/mol. The van der Waals surface area contributed by atoms with Crippen LogP contribution in [-0.2, 0) is 16.0 Å². The number of hydrogen-bond acceptors (Lipinski definition) is 3. The van der Waals surface area contributed by atoms with Gasteiger partial charge in [0, 0.05) is 12.2 Å². The molecule has 0 bridgehead atoms. The van der Waals surface area contributed by atoms with Gasteiger partial charge in [-0.1, -0.05) is 48.0 Å². The van der Waals surface area contributed by atoms with Crippen molar-refractivity contribution in [2.75, 3.05) is 11.9 Å². The lowest BCUT2D eigenvalue weighted by molar-refractivity contribution is -0.136. The fourth-order valence-electron chi connectivity index (χ4n) is 4.14. The molecule has 4 rings (SSSR count). The minimum atomic E-state index is -0.349. The van der Waals surface area contributed by atoms with Crippen molar-refractivity contribution in [2.24, 2.45) is 0 Å². The van der Waals surface area contributed by atoms with E-state index in [0.29, 0.717) is 17.7 Å². The second kappa shape index (κ2) is 9.02. The topological polar surface area (TPSA) is 49.4 Å². The summed E-state index contributed by atoms with van der Waals surface area (Å²) in [6.07, 6.45) is 0.453. The number of anilines is 1. The summed E-state index contributed by atoms with van der Waals surface area (Å²) in [5.41, 5.74) is 7.15. The zero-order valence-corrected chi connectivity index (χ0v) is 19.3. The molecule has 0 aromatic heterocycles. The van der Waals surface area contributed by atoms with Crippen molar-refractivity contribution in [1.29, 1.82) is 0 Å². The Morgan fingerprint density at radius 3 is 2.15 bits per heavy atom. The quantitative estimate of drug-likeness (QED) is 0.513. The van der Waals surface area contributed by atoms with Gasteiger partial charge in [-0.2, -0.15) is 0 Å². The second-order valence-electron chi connectivity index (χ2n) is 8.65. The lowest BCUT2D eigenvalue weighted by Crippen LogP contribution is -2.34. The van der Waals surface area contributed by atoms with E-state index in [-0.39, 0.29) is 24.2 Å². The molecule has 3 aromatic rings. The van der Waals surface area contributed by atoms with Crippen LogP contribution in [0.25, 0.3) is 5.57 Å². The molecule has 1 N–H and O–H groups in total. The summed E-state index contributed by atoms with van der Waals surface area (Å²) in [6, 6.07) is 18.0. The highest BCUT2D eigenvalue weighted by atomic mass is 19.1. The maximum absolute atomic E-state index is 13.5. The first kappa shape index (κ1) is 22.5. The van der Waals surface area contributed by atoms with Crippen LogP contribution in [0.5, 0.6) is 0 Å². The van der Waals surface area contributed by atoms with Gasteiger partial charge in [-0.3, -0.25) is 14.5 Å². The smallest absolute Gasteiger partial charge is 0.278 e. The molecule has 0 aliphatic carbocycles. The molecule has 2 amide bonds. The number of hydrogen-bond donors (Lipinski definition) is 1. The molecule has 168 valence electrons. The van der Waals surface area contributed by atoms with Crippen LogP contribution in [0.1, 0.15) is 33.4 Å². The molecule has 1 aliphatic heterocycles.